The second kappa shape index (κ2) is 3.94. The molecule has 0 amide bonds. The largest absolute Gasteiger partial charge is 0.396 e. The molecule has 1 heterocycles. The van der Waals surface area contributed by atoms with E-state index in [9.17, 15) is 0 Å². The van der Waals surface area contributed by atoms with Gasteiger partial charge in [0, 0.05) is 19.7 Å². The summed E-state index contributed by atoms with van der Waals surface area (Å²) in [6, 6.07) is 0. The van der Waals surface area contributed by atoms with Gasteiger partial charge in [0.25, 0.3) is 0 Å². The Hall–Kier alpha value is -0.0800. The van der Waals surface area contributed by atoms with Crippen LogP contribution in [0.4, 0.5) is 0 Å². The van der Waals surface area contributed by atoms with Gasteiger partial charge in [-0.05, 0) is 25.3 Å². The molecule has 1 unspecified atom stereocenters. The van der Waals surface area contributed by atoms with Crippen LogP contribution < -0.4 is 0 Å². The number of aliphatic hydroxyl groups excluding tert-OH is 1. The number of hydrogen-bond donors (Lipinski definition) is 1. The smallest absolute Gasteiger partial charge is 0.0443 e. The second-order valence-electron chi connectivity index (χ2n) is 3.27. The maximum atomic E-state index is 8.57. The molecule has 0 aromatic carbocycles. The Balaban J connectivity index is 2.06. The van der Waals surface area contributed by atoms with Crippen LogP contribution in [-0.2, 0) is 0 Å². The molecule has 0 saturated carbocycles. The van der Waals surface area contributed by atoms with E-state index in [4.69, 9.17) is 5.11 Å². The van der Waals surface area contributed by atoms with Crippen molar-refractivity contribution in [2.45, 2.75) is 19.8 Å². The van der Waals surface area contributed by atoms with Crippen LogP contribution in [0.3, 0.4) is 0 Å². The standard InChI is InChI=1S/C8H17NO/c1-8-3-5-9(7-8)4-2-6-10/h8,10H,2-7H2,1H3. The maximum Gasteiger partial charge on any atom is 0.0443 e. The van der Waals surface area contributed by atoms with Gasteiger partial charge in [0.05, 0.1) is 0 Å². The monoisotopic (exact) mass is 143 g/mol. The lowest BCUT2D eigenvalue weighted by Crippen LogP contribution is -2.22. The van der Waals surface area contributed by atoms with Crippen LogP contribution in [0.2, 0.25) is 0 Å². The number of nitrogens with zero attached hydrogens (tertiary/aromatic N) is 1. The number of aliphatic hydroxyl groups is 1. The maximum absolute atomic E-state index is 8.57. The van der Waals surface area contributed by atoms with Crippen molar-refractivity contribution < 1.29 is 5.11 Å². The Morgan fingerprint density at radius 3 is 2.90 bits per heavy atom. The third-order valence-corrected chi connectivity index (χ3v) is 2.14. The highest BCUT2D eigenvalue weighted by Crippen LogP contribution is 2.14. The van der Waals surface area contributed by atoms with Crippen molar-refractivity contribution in [3.05, 3.63) is 0 Å². The Morgan fingerprint density at radius 1 is 1.60 bits per heavy atom. The van der Waals surface area contributed by atoms with Gasteiger partial charge in [-0.2, -0.15) is 0 Å². The fraction of sp³-hybridized carbons (Fsp3) is 1.00. The zero-order valence-electron chi connectivity index (χ0n) is 6.71. The number of likely N-dealkylation sites (tertiary alicyclic amines) is 1. The second-order valence-corrected chi connectivity index (χ2v) is 3.27. The molecule has 1 rings (SSSR count). The summed E-state index contributed by atoms with van der Waals surface area (Å²) < 4.78 is 0. The summed E-state index contributed by atoms with van der Waals surface area (Å²) in [4.78, 5) is 2.43. The van der Waals surface area contributed by atoms with Crippen molar-refractivity contribution in [2.75, 3.05) is 26.2 Å². The first-order chi connectivity index (χ1) is 4.83. The van der Waals surface area contributed by atoms with Gasteiger partial charge in [-0.15, -0.1) is 0 Å². The Labute approximate surface area is 62.8 Å². The van der Waals surface area contributed by atoms with Crippen LogP contribution in [0, 0.1) is 5.92 Å². The van der Waals surface area contributed by atoms with Gasteiger partial charge >= 0.3 is 0 Å². The minimum atomic E-state index is 0.338. The van der Waals surface area contributed by atoms with Crippen molar-refractivity contribution in [1.29, 1.82) is 0 Å². The van der Waals surface area contributed by atoms with Crippen LogP contribution in [-0.4, -0.2) is 36.2 Å². The molecule has 10 heavy (non-hydrogen) atoms. The van der Waals surface area contributed by atoms with Crippen LogP contribution >= 0.6 is 0 Å². The Bertz CT molecular complexity index is 95.3. The van der Waals surface area contributed by atoms with E-state index in [-0.39, 0.29) is 0 Å². The molecule has 1 N–H and O–H groups in total. The molecule has 0 bridgehead atoms. The molecule has 0 radical (unpaired) electrons. The zero-order chi connectivity index (χ0) is 7.40. The molecule has 1 aliphatic heterocycles. The minimum Gasteiger partial charge on any atom is -0.396 e. The average Bonchev–Trinajstić information content (AvgIpc) is 2.31. The summed E-state index contributed by atoms with van der Waals surface area (Å²) in [5.74, 6) is 0.874. The highest BCUT2D eigenvalue weighted by atomic mass is 16.3. The van der Waals surface area contributed by atoms with Crippen molar-refractivity contribution in [1.82, 2.24) is 4.90 Å². The molecule has 0 spiro atoms. The first-order valence-electron chi connectivity index (χ1n) is 4.16. The molecular weight excluding hydrogens is 126 g/mol. The van der Waals surface area contributed by atoms with Gasteiger partial charge in [0.2, 0.25) is 0 Å². The van der Waals surface area contributed by atoms with Crippen LogP contribution in [0.1, 0.15) is 19.8 Å². The molecule has 0 aliphatic carbocycles. The highest BCUT2D eigenvalue weighted by Gasteiger charge is 2.16. The first-order valence-corrected chi connectivity index (χ1v) is 4.16. The summed E-state index contributed by atoms with van der Waals surface area (Å²) in [7, 11) is 0. The Morgan fingerprint density at radius 2 is 2.40 bits per heavy atom. The molecule has 1 atom stereocenters. The fourth-order valence-electron chi connectivity index (χ4n) is 1.52. The van der Waals surface area contributed by atoms with E-state index < -0.39 is 0 Å². The van der Waals surface area contributed by atoms with Crippen LogP contribution in [0.15, 0.2) is 0 Å². The molecule has 0 aromatic heterocycles. The summed E-state index contributed by atoms with van der Waals surface area (Å²) in [5, 5.41) is 8.57. The highest BCUT2D eigenvalue weighted by molar-refractivity contribution is 4.71. The van der Waals surface area contributed by atoms with Gasteiger partial charge in [0.1, 0.15) is 0 Å². The first kappa shape index (κ1) is 8.02. The lowest BCUT2D eigenvalue weighted by Gasteiger charge is -2.13. The number of hydrogen-bond acceptors (Lipinski definition) is 2. The van der Waals surface area contributed by atoms with Crippen molar-refractivity contribution >= 4 is 0 Å². The van der Waals surface area contributed by atoms with Crippen LogP contribution in [0.5, 0.6) is 0 Å². The molecule has 1 saturated heterocycles. The molecular formula is C8H17NO. The summed E-state index contributed by atoms with van der Waals surface area (Å²) >= 11 is 0. The van der Waals surface area contributed by atoms with Crippen molar-refractivity contribution in [3.8, 4) is 0 Å². The molecule has 2 nitrogen and oxygen atoms in total. The zero-order valence-corrected chi connectivity index (χ0v) is 6.71. The molecule has 2 heteroatoms. The van der Waals surface area contributed by atoms with E-state index in [1.54, 1.807) is 0 Å². The third kappa shape index (κ3) is 2.27. The average molecular weight is 143 g/mol. The molecule has 60 valence electrons. The summed E-state index contributed by atoms with van der Waals surface area (Å²) in [5.41, 5.74) is 0. The van der Waals surface area contributed by atoms with Gasteiger partial charge in [-0.25, -0.2) is 0 Å². The van der Waals surface area contributed by atoms with E-state index in [0.29, 0.717) is 6.61 Å². The lowest BCUT2D eigenvalue weighted by atomic mass is 10.2. The molecule has 1 aliphatic rings. The predicted octanol–water partition coefficient (Wildman–Crippen LogP) is 0.711. The van der Waals surface area contributed by atoms with Crippen LogP contribution in [0.25, 0.3) is 0 Å². The lowest BCUT2D eigenvalue weighted by molar-refractivity contribution is 0.245. The normalized spacial score (nSPS) is 27.6. The van der Waals surface area contributed by atoms with Gasteiger partial charge in [0.15, 0.2) is 0 Å². The topological polar surface area (TPSA) is 23.5 Å². The van der Waals surface area contributed by atoms with Gasteiger partial charge in [-0.1, -0.05) is 6.92 Å². The van der Waals surface area contributed by atoms with Crippen molar-refractivity contribution in [2.24, 2.45) is 5.92 Å². The van der Waals surface area contributed by atoms with Crippen molar-refractivity contribution in [3.63, 3.8) is 0 Å². The summed E-state index contributed by atoms with van der Waals surface area (Å²) in [6.45, 7) is 6.19. The summed E-state index contributed by atoms with van der Waals surface area (Å²) in [6.07, 6.45) is 2.28. The van der Waals surface area contributed by atoms with E-state index >= 15 is 0 Å². The van der Waals surface area contributed by atoms with E-state index in [0.717, 1.165) is 18.9 Å². The fourth-order valence-corrected chi connectivity index (χ4v) is 1.52. The predicted molar refractivity (Wildman–Crippen MR) is 41.9 cm³/mol. The quantitative estimate of drug-likeness (QED) is 0.629. The van der Waals surface area contributed by atoms with E-state index in [1.807, 2.05) is 0 Å². The molecule has 1 fully saturated rings. The third-order valence-electron chi connectivity index (χ3n) is 2.14. The minimum absolute atomic E-state index is 0.338. The van der Waals surface area contributed by atoms with Gasteiger partial charge in [-0.3, -0.25) is 0 Å². The molecule has 0 aromatic rings. The number of rotatable bonds is 3. The SMILES string of the molecule is CC1CCN(CCCO)C1. The van der Waals surface area contributed by atoms with E-state index in [1.165, 1.54) is 19.5 Å². The van der Waals surface area contributed by atoms with E-state index in [2.05, 4.69) is 11.8 Å². The Kier molecular flexibility index (Phi) is 3.16. The van der Waals surface area contributed by atoms with Gasteiger partial charge < -0.3 is 10.0 Å².